The van der Waals surface area contributed by atoms with Crippen LogP contribution in [0.5, 0.6) is 0 Å². The molecule has 0 bridgehead atoms. The maximum atomic E-state index is 14.0. The predicted molar refractivity (Wildman–Crippen MR) is 81.8 cm³/mol. The highest BCUT2D eigenvalue weighted by molar-refractivity contribution is 5.67. The van der Waals surface area contributed by atoms with Gasteiger partial charge < -0.3 is 5.32 Å². The lowest BCUT2D eigenvalue weighted by Gasteiger charge is -2.10. The molecule has 0 unspecified atom stereocenters. The third kappa shape index (κ3) is 5.15. The van der Waals surface area contributed by atoms with Crippen LogP contribution in [0.2, 0.25) is 0 Å². The van der Waals surface area contributed by atoms with Crippen molar-refractivity contribution in [3.63, 3.8) is 0 Å². The maximum Gasteiger partial charge on any atom is 0.131 e. The molecular formula is C17H26FN. The SMILES string of the molecule is C/C(=C/CCNCC(C)C)c1c(C)cc(C)cc1F. The van der Waals surface area contributed by atoms with Crippen LogP contribution in [0.4, 0.5) is 4.39 Å². The molecule has 0 amide bonds. The van der Waals surface area contributed by atoms with E-state index in [-0.39, 0.29) is 5.82 Å². The Hall–Kier alpha value is -1.15. The summed E-state index contributed by atoms with van der Waals surface area (Å²) in [5, 5.41) is 3.39. The highest BCUT2D eigenvalue weighted by Crippen LogP contribution is 2.23. The molecule has 2 heteroatoms. The lowest BCUT2D eigenvalue weighted by Crippen LogP contribution is -2.20. The van der Waals surface area contributed by atoms with E-state index in [2.05, 4.69) is 25.2 Å². The zero-order valence-corrected chi connectivity index (χ0v) is 12.8. The number of benzene rings is 1. The first-order valence-electron chi connectivity index (χ1n) is 7.06. The van der Waals surface area contributed by atoms with Crippen LogP contribution in [0.25, 0.3) is 5.57 Å². The fourth-order valence-corrected chi connectivity index (χ4v) is 2.30. The lowest BCUT2D eigenvalue weighted by molar-refractivity contribution is 0.557. The zero-order chi connectivity index (χ0) is 14.4. The van der Waals surface area contributed by atoms with Crippen LogP contribution in [0, 0.1) is 25.6 Å². The van der Waals surface area contributed by atoms with E-state index < -0.39 is 0 Å². The summed E-state index contributed by atoms with van der Waals surface area (Å²) in [7, 11) is 0. The van der Waals surface area contributed by atoms with E-state index in [0.29, 0.717) is 5.92 Å². The molecule has 1 rings (SSSR count). The largest absolute Gasteiger partial charge is 0.316 e. The normalized spacial score (nSPS) is 12.3. The molecule has 0 aromatic heterocycles. The van der Waals surface area contributed by atoms with E-state index in [1.807, 2.05) is 26.8 Å². The first kappa shape index (κ1) is 15.9. The molecule has 0 heterocycles. The van der Waals surface area contributed by atoms with Gasteiger partial charge in [0.2, 0.25) is 0 Å². The van der Waals surface area contributed by atoms with Gasteiger partial charge in [0.25, 0.3) is 0 Å². The topological polar surface area (TPSA) is 12.0 Å². The molecular weight excluding hydrogens is 237 g/mol. The van der Waals surface area contributed by atoms with Gasteiger partial charge in [0.05, 0.1) is 0 Å². The van der Waals surface area contributed by atoms with E-state index in [1.165, 1.54) is 0 Å². The van der Waals surface area contributed by atoms with Gasteiger partial charge in [-0.25, -0.2) is 4.39 Å². The number of aryl methyl sites for hydroxylation is 2. The molecule has 1 aromatic rings. The smallest absolute Gasteiger partial charge is 0.131 e. The summed E-state index contributed by atoms with van der Waals surface area (Å²) in [4.78, 5) is 0. The number of allylic oxidation sites excluding steroid dienone is 1. The summed E-state index contributed by atoms with van der Waals surface area (Å²) in [6.45, 7) is 12.3. The molecule has 0 aliphatic carbocycles. The van der Waals surface area contributed by atoms with Crippen LogP contribution in [-0.2, 0) is 0 Å². The predicted octanol–water partition coefficient (Wildman–Crippen LogP) is 4.48. The number of rotatable bonds is 6. The monoisotopic (exact) mass is 263 g/mol. The van der Waals surface area contributed by atoms with Crippen LogP contribution >= 0.6 is 0 Å². The zero-order valence-electron chi connectivity index (χ0n) is 12.8. The summed E-state index contributed by atoms with van der Waals surface area (Å²) in [5.74, 6) is 0.559. The van der Waals surface area contributed by atoms with Gasteiger partial charge in [0, 0.05) is 5.56 Å². The van der Waals surface area contributed by atoms with Gasteiger partial charge in [-0.05, 0) is 69.0 Å². The molecule has 0 spiro atoms. The van der Waals surface area contributed by atoms with Crippen molar-refractivity contribution in [1.29, 1.82) is 0 Å². The van der Waals surface area contributed by atoms with Crippen molar-refractivity contribution in [3.8, 4) is 0 Å². The fraction of sp³-hybridized carbons (Fsp3) is 0.529. The van der Waals surface area contributed by atoms with Gasteiger partial charge >= 0.3 is 0 Å². The van der Waals surface area contributed by atoms with Gasteiger partial charge in [0.15, 0.2) is 0 Å². The van der Waals surface area contributed by atoms with Crippen molar-refractivity contribution in [2.75, 3.05) is 13.1 Å². The summed E-state index contributed by atoms with van der Waals surface area (Å²) < 4.78 is 14.0. The third-order valence-corrected chi connectivity index (χ3v) is 3.15. The second kappa shape index (κ2) is 7.44. The van der Waals surface area contributed by atoms with Crippen molar-refractivity contribution >= 4 is 5.57 Å². The first-order chi connectivity index (χ1) is 8.91. The molecule has 0 radical (unpaired) electrons. The Bertz CT molecular complexity index is 424. The van der Waals surface area contributed by atoms with Gasteiger partial charge in [-0.3, -0.25) is 0 Å². The number of nitrogens with one attached hydrogen (secondary N) is 1. The van der Waals surface area contributed by atoms with E-state index >= 15 is 0 Å². The summed E-state index contributed by atoms with van der Waals surface area (Å²) in [5.41, 5.74) is 3.78. The van der Waals surface area contributed by atoms with Crippen molar-refractivity contribution in [1.82, 2.24) is 5.32 Å². The van der Waals surface area contributed by atoms with Crippen LogP contribution in [-0.4, -0.2) is 13.1 Å². The Morgan fingerprint density at radius 3 is 2.58 bits per heavy atom. The number of hydrogen-bond donors (Lipinski definition) is 1. The Morgan fingerprint density at radius 2 is 2.00 bits per heavy atom. The van der Waals surface area contributed by atoms with Crippen LogP contribution in [0.15, 0.2) is 18.2 Å². The first-order valence-corrected chi connectivity index (χ1v) is 7.06. The van der Waals surface area contributed by atoms with E-state index in [4.69, 9.17) is 0 Å². The molecule has 19 heavy (non-hydrogen) atoms. The summed E-state index contributed by atoms with van der Waals surface area (Å²) >= 11 is 0. The Balaban J connectivity index is 2.64. The quantitative estimate of drug-likeness (QED) is 0.746. The minimum Gasteiger partial charge on any atom is -0.316 e. The Kier molecular flexibility index (Phi) is 6.23. The maximum absolute atomic E-state index is 14.0. The van der Waals surface area contributed by atoms with E-state index in [0.717, 1.165) is 41.8 Å². The molecule has 0 atom stereocenters. The Labute approximate surface area is 116 Å². The van der Waals surface area contributed by atoms with E-state index in [9.17, 15) is 4.39 Å². The van der Waals surface area contributed by atoms with Crippen LogP contribution in [0.1, 0.15) is 43.9 Å². The minimum atomic E-state index is -0.110. The molecule has 0 aliphatic heterocycles. The average molecular weight is 263 g/mol. The van der Waals surface area contributed by atoms with Crippen molar-refractivity contribution in [2.24, 2.45) is 5.92 Å². The van der Waals surface area contributed by atoms with Gasteiger partial charge in [0.1, 0.15) is 5.82 Å². The van der Waals surface area contributed by atoms with Gasteiger partial charge in [-0.15, -0.1) is 0 Å². The number of hydrogen-bond acceptors (Lipinski definition) is 1. The standard InChI is InChI=1S/C17H26FN/c1-12(2)11-19-8-6-7-14(4)17-15(5)9-13(3)10-16(17)18/h7,9-10,12,19H,6,8,11H2,1-5H3/b14-7-. The highest BCUT2D eigenvalue weighted by Gasteiger charge is 2.08. The molecule has 106 valence electrons. The minimum absolute atomic E-state index is 0.110. The second-order valence-electron chi connectivity index (χ2n) is 5.71. The second-order valence-corrected chi connectivity index (χ2v) is 5.71. The fourth-order valence-electron chi connectivity index (χ4n) is 2.30. The van der Waals surface area contributed by atoms with Crippen LogP contribution < -0.4 is 5.32 Å². The third-order valence-electron chi connectivity index (χ3n) is 3.15. The molecule has 1 N–H and O–H groups in total. The summed E-state index contributed by atoms with van der Waals surface area (Å²) in [6, 6.07) is 3.64. The molecule has 1 aromatic carbocycles. The van der Waals surface area contributed by atoms with Crippen LogP contribution in [0.3, 0.4) is 0 Å². The number of halogens is 1. The molecule has 0 saturated heterocycles. The molecule has 0 saturated carbocycles. The highest BCUT2D eigenvalue weighted by atomic mass is 19.1. The molecule has 1 nitrogen and oxygen atoms in total. The average Bonchev–Trinajstić information content (AvgIpc) is 2.26. The molecule has 0 fully saturated rings. The van der Waals surface area contributed by atoms with Crippen molar-refractivity contribution in [2.45, 2.75) is 41.0 Å². The van der Waals surface area contributed by atoms with Crippen molar-refractivity contribution < 1.29 is 4.39 Å². The lowest BCUT2D eigenvalue weighted by atomic mass is 9.98. The summed E-state index contributed by atoms with van der Waals surface area (Å²) in [6.07, 6.45) is 3.05. The van der Waals surface area contributed by atoms with E-state index in [1.54, 1.807) is 6.07 Å². The Morgan fingerprint density at radius 1 is 1.32 bits per heavy atom. The van der Waals surface area contributed by atoms with Gasteiger partial charge in [-0.2, -0.15) is 0 Å². The molecule has 0 aliphatic rings. The van der Waals surface area contributed by atoms with Gasteiger partial charge in [-0.1, -0.05) is 26.0 Å². The van der Waals surface area contributed by atoms with Crippen molar-refractivity contribution in [3.05, 3.63) is 40.7 Å².